The van der Waals surface area contributed by atoms with Gasteiger partial charge in [-0.2, -0.15) is 0 Å². The van der Waals surface area contributed by atoms with Gasteiger partial charge in [-0.15, -0.1) is 0 Å². The van der Waals surface area contributed by atoms with E-state index in [4.69, 9.17) is 9.47 Å². The van der Waals surface area contributed by atoms with Crippen molar-refractivity contribution in [1.82, 2.24) is 9.80 Å². The second-order valence-electron chi connectivity index (χ2n) is 8.12. The Morgan fingerprint density at radius 1 is 0.821 bits per heavy atom. The molecule has 0 aliphatic carbocycles. The van der Waals surface area contributed by atoms with Gasteiger partial charge in [0.25, 0.3) is 0 Å². The molecule has 3 saturated heterocycles. The second kappa shape index (κ2) is 9.08. The Balaban J connectivity index is 1.52. The van der Waals surface area contributed by atoms with Crippen molar-refractivity contribution in [2.45, 2.75) is 50.5 Å². The van der Waals surface area contributed by atoms with Crippen LogP contribution in [-0.4, -0.2) is 55.3 Å². The maximum atomic E-state index is 5.97. The quantitative estimate of drug-likeness (QED) is 0.758. The highest BCUT2D eigenvalue weighted by molar-refractivity contribution is 5.27. The summed E-state index contributed by atoms with van der Waals surface area (Å²) in [5, 5.41) is 0. The van der Waals surface area contributed by atoms with Crippen LogP contribution in [0.15, 0.2) is 54.6 Å². The minimum atomic E-state index is 0.303. The van der Waals surface area contributed by atoms with Gasteiger partial charge in [0.1, 0.15) is 5.75 Å². The lowest BCUT2D eigenvalue weighted by molar-refractivity contribution is -0.0728. The summed E-state index contributed by atoms with van der Waals surface area (Å²) in [6, 6.07) is 20.4. The summed E-state index contributed by atoms with van der Waals surface area (Å²) in [5.74, 6) is 0.918. The van der Waals surface area contributed by atoms with E-state index in [1.165, 1.54) is 24.0 Å². The van der Waals surface area contributed by atoms with Crippen molar-refractivity contribution in [3.8, 4) is 5.75 Å². The maximum Gasteiger partial charge on any atom is 0.118 e. The normalized spacial score (nSPS) is 26.0. The van der Waals surface area contributed by atoms with E-state index < -0.39 is 0 Å². The van der Waals surface area contributed by atoms with Crippen molar-refractivity contribution in [1.29, 1.82) is 0 Å². The molecule has 0 N–H and O–H groups in total. The molecule has 3 aliphatic rings. The monoisotopic (exact) mass is 380 g/mol. The van der Waals surface area contributed by atoms with Crippen molar-refractivity contribution in [3.63, 3.8) is 0 Å². The maximum absolute atomic E-state index is 5.97. The van der Waals surface area contributed by atoms with E-state index in [2.05, 4.69) is 64.4 Å². The van der Waals surface area contributed by atoms with Crippen molar-refractivity contribution in [3.05, 3.63) is 65.7 Å². The van der Waals surface area contributed by atoms with Gasteiger partial charge in [-0.1, -0.05) is 42.5 Å². The number of rotatable bonds is 6. The zero-order valence-corrected chi connectivity index (χ0v) is 17.1. The number of nitrogens with zero attached hydrogens (tertiary/aromatic N) is 2. The van der Waals surface area contributed by atoms with Crippen molar-refractivity contribution in [2.75, 3.05) is 27.3 Å². The lowest BCUT2D eigenvalue weighted by atomic mass is 9.90. The van der Waals surface area contributed by atoms with Crippen LogP contribution in [-0.2, 0) is 17.8 Å². The topological polar surface area (TPSA) is 24.9 Å². The lowest BCUT2D eigenvalue weighted by Gasteiger charge is -2.50. The molecule has 28 heavy (non-hydrogen) atoms. The smallest absolute Gasteiger partial charge is 0.118 e. The highest BCUT2D eigenvalue weighted by Gasteiger charge is 2.39. The van der Waals surface area contributed by atoms with Crippen LogP contribution in [0.4, 0.5) is 0 Å². The molecule has 0 unspecified atom stereocenters. The summed E-state index contributed by atoms with van der Waals surface area (Å²) in [6.45, 7) is 4.20. The summed E-state index contributed by atoms with van der Waals surface area (Å²) in [7, 11) is 3.60. The van der Waals surface area contributed by atoms with Gasteiger partial charge in [0.05, 0.1) is 13.2 Å². The Morgan fingerprint density at radius 2 is 1.54 bits per heavy atom. The van der Waals surface area contributed by atoms with Gasteiger partial charge in [-0.25, -0.2) is 0 Å². The van der Waals surface area contributed by atoms with E-state index in [0.717, 1.165) is 38.3 Å². The van der Waals surface area contributed by atoms with E-state index in [-0.39, 0.29) is 0 Å². The Labute approximate surface area is 169 Å². The number of benzene rings is 2. The summed E-state index contributed by atoms with van der Waals surface area (Å²) >= 11 is 0. The molecule has 150 valence electrons. The number of methoxy groups -OCH3 is 2. The zero-order chi connectivity index (χ0) is 19.3. The first-order chi connectivity index (χ1) is 13.8. The molecule has 0 aromatic heterocycles. The largest absolute Gasteiger partial charge is 0.497 e. The van der Waals surface area contributed by atoms with Crippen LogP contribution >= 0.6 is 0 Å². The first-order valence-electron chi connectivity index (χ1n) is 10.4. The fourth-order valence-electron chi connectivity index (χ4n) is 4.83. The molecule has 0 saturated carbocycles. The summed E-state index contributed by atoms with van der Waals surface area (Å²) in [5.41, 5.74) is 2.75. The van der Waals surface area contributed by atoms with Crippen LogP contribution in [0.2, 0.25) is 0 Å². The summed E-state index contributed by atoms with van der Waals surface area (Å²) in [4.78, 5) is 5.34. The molecule has 2 aromatic carbocycles. The predicted molar refractivity (Wildman–Crippen MR) is 112 cm³/mol. The van der Waals surface area contributed by atoms with Gasteiger partial charge in [-0.3, -0.25) is 9.80 Å². The highest BCUT2D eigenvalue weighted by Crippen LogP contribution is 2.30. The predicted octanol–water partition coefficient (Wildman–Crippen LogP) is 3.95. The van der Waals surface area contributed by atoms with E-state index in [9.17, 15) is 0 Å². The average molecular weight is 381 g/mol. The van der Waals surface area contributed by atoms with Crippen LogP contribution in [0.25, 0.3) is 0 Å². The number of hydrogen-bond donors (Lipinski definition) is 0. The molecule has 4 nitrogen and oxygen atoms in total. The van der Waals surface area contributed by atoms with Gasteiger partial charge in [0, 0.05) is 45.4 Å². The van der Waals surface area contributed by atoms with E-state index in [0.29, 0.717) is 18.2 Å². The minimum absolute atomic E-state index is 0.303. The molecule has 0 spiro atoms. The fraction of sp³-hybridized carbons (Fsp3) is 0.500. The Bertz CT molecular complexity index is 734. The second-order valence-corrected chi connectivity index (χ2v) is 8.12. The Kier molecular flexibility index (Phi) is 6.30. The van der Waals surface area contributed by atoms with E-state index in [1.54, 1.807) is 7.11 Å². The summed E-state index contributed by atoms with van der Waals surface area (Å²) < 4.78 is 11.3. The summed E-state index contributed by atoms with van der Waals surface area (Å²) in [6.07, 6.45) is 3.97. The van der Waals surface area contributed by atoms with E-state index in [1.807, 2.05) is 7.11 Å². The number of piperazine rings is 1. The first-order valence-corrected chi connectivity index (χ1v) is 10.4. The van der Waals surface area contributed by atoms with Crippen LogP contribution < -0.4 is 4.74 Å². The number of fused-ring (bicyclic) bond motifs is 5. The van der Waals surface area contributed by atoms with Crippen LogP contribution in [0.3, 0.4) is 0 Å². The standard InChI is InChI=1S/C24H32N2O2/c1-27-22-13-11-20(12-14-22)16-26-17-21-9-6-10-24(28-2)23(26)18-25(21)15-19-7-4-3-5-8-19/h3-5,7-8,11-14,21,23-24H,6,9-10,15-18H2,1-2H3/t21-,23+,24-/m0/s1. The van der Waals surface area contributed by atoms with Gasteiger partial charge in [0.2, 0.25) is 0 Å². The van der Waals surface area contributed by atoms with Crippen molar-refractivity contribution in [2.24, 2.45) is 0 Å². The molecule has 3 atom stereocenters. The number of hydrogen-bond acceptors (Lipinski definition) is 4. The molecule has 3 aliphatic heterocycles. The molecule has 3 heterocycles. The minimum Gasteiger partial charge on any atom is -0.497 e. The molecular formula is C24H32N2O2. The van der Waals surface area contributed by atoms with Gasteiger partial charge < -0.3 is 9.47 Å². The molecule has 2 bridgehead atoms. The lowest BCUT2D eigenvalue weighted by Crippen LogP contribution is -2.62. The van der Waals surface area contributed by atoms with E-state index >= 15 is 0 Å². The van der Waals surface area contributed by atoms with Crippen molar-refractivity contribution >= 4 is 0 Å². The SMILES string of the molecule is COc1ccc(CN2C[C@@H]3CCC[C@H](OC)[C@H]2CN3Cc2ccccc2)cc1. The van der Waals surface area contributed by atoms with Gasteiger partial charge in [0.15, 0.2) is 0 Å². The highest BCUT2D eigenvalue weighted by atomic mass is 16.5. The molecule has 2 aromatic rings. The first kappa shape index (κ1) is 19.4. The van der Waals surface area contributed by atoms with Crippen LogP contribution in [0.1, 0.15) is 30.4 Å². The number of ether oxygens (including phenoxy) is 2. The molecule has 5 rings (SSSR count). The zero-order valence-electron chi connectivity index (χ0n) is 17.1. The third-order valence-electron chi connectivity index (χ3n) is 6.38. The molecular weight excluding hydrogens is 348 g/mol. The molecule has 0 amide bonds. The average Bonchev–Trinajstić information content (AvgIpc) is 2.72. The molecule has 0 radical (unpaired) electrons. The Hall–Kier alpha value is -1.88. The Morgan fingerprint density at radius 3 is 2.25 bits per heavy atom. The van der Waals surface area contributed by atoms with Gasteiger partial charge in [-0.05, 0) is 42.5 Å². The fourth-order valence-corrected chi connectivity index (χ4v) is 4.83. The third kappa shape index (κ3) is 4.40. The van der Waals surface area contributed by atoms with Gasteiger partial charge >= 0.3 is 0 Å². The van der Waals surface area contributed by atoms with Crippen LogP contribution in [0.5, 0.6) is 5.75 Å². The van der Waals surface area contributed by atoms with Crippen molar-refractivity contribution < 1.29 is 9.47 Å². The van der Waals surface area contributed by atoms with Crippen LogP contribution in [0, 0.1) is 0 Å². The third-order valence-corrected chi connectivity index (χ3v) is 6.38. The molecule has 4 heteroatoms. The molecule has 3 fully saturated rings.